The Hall–Kier alpha value is -2.72. The van der Waals surface area contributed by atoms with E-state index in [2.05, 4.69) is 4.98 Å². The SMILES string of the molecule is Cc1nc(N2C(=O)c3ccccc3C2=O)c(Cl)c2ccccc12. The molecule has 23 heavy (non-hydrogen) atoms. The lowest BCUT2D eigenvalue weighted by Crippen LogP contribution is -2.30. The van der Waals surface area contributed by atoms with Gasteiger partial charge in [-0.2, -0.15) is 0 Å². The highest BCUT2D eigenvalue weighted by molar-refractivity contribution is 6.42. The molecule has 0 N–H and O–H groups in total. The minimum atomic E-state index is -0.394. The highest BCUT2D eigenvalue weighted by atomic mass is 35.5. The van der Waals surface area contributed by atoms with Crippen molar-refractivity contribution in [2.45, 2.75) is 6.92 Å². The van der Waals surface area contributed by atoms with Crippen molar-refractivity contribution in [3.05, 3.63) is 70.4 Å². The van der Waals surface area contributed by atoms with Gasteiger partial charge in [0.15, 0.2) is 5.82 Å². The Kier molecular flexibility index (Phi) is 2.96. The van der Waals surface area contributed by atoms with Gasteiger partial charge in [0.05, 0.1) is 16.1 Å². The number of carbonyl (C=O) groups is 2. The van der Waals surface area contributed by atoms with Gasteiger partial charge in [0.2, 0.25) is 0 Å². The van der Waals surface area contributed by atoms with Crippen LogP contribution in [0.1, 0.15) is 26.4 Å². The standard InChI is InChI=1S/C18H11ClN2O2/c1-10-11-6-2-3-7-12(11)15(19)16(20-10)21-17(22)13-8-4-5-9-14(13)18(21)23/h2-9H,1H3. The van der Waals surface area contributed by atoms with E-state index >= 15 is 0 Å². The first kappa shape index (κ1) is 13.9. The van der Waals surface area contributed by atoms with E-state index in [9.17, 15) is 9.59 Å². The molecule has 1 aromatic heterocycles. The quantitative estimate of drug-likeness (QED) is 0.636. The number of carbonyl (C=O) groups excluding carboxylic acids is 2. The third kappa shape index (κ3) is 1.88. The number of aryl methyl sites for hydroxylation is 1. The van der Waals surface area contributed by atoms with Crippen LogP contribution in [-0.4, -0.2) is 16.8 Å². The van der Waals surface area contributed by atoms with Crippen LogP contribution in [0.5, 0.6) is 0 Å². The molecule has 0 saturated carbocycles. The molecule has 0 radical (unpaired) electrons. The second-order valence-corrected chi connectivity index (χ2v) is 5.75. The summed E-state index contributed by atoms with van der Waals surface area (Å²) in [6, 6.07) is 14.3. The Morgan fingerprint density at radius 3 is 2.00 bits per heavy atom. The molecule has 0 spiro atoms. The van der Waals surface area contributed by atoms with E-state index in [1.807, 2.05) is 31.2 Å². The van der Waals surface area contributed by atoms with Crippen molar-refractivity contribution in [3.63, 3.8) is 0 Å². The first-order valence-electron chi connectivity index (χ1n) is 7.12. The number of imide groups is 1. The highest BCUT2D eigenvalue weighted by Gasteiger charge is 2.38. The zero-order valence-corrected chi connectivity index (χ0v) is 13.0. The van der Waals surface area contributed by atoms with Gasteiger partial charge in [-0.25, -0.2) is 9.88 Å². The minimum absolute atomic E-state index is 0.189. The van der Waals surface area contributed by atoms with Crippen LogP contribution in [0.25, 0.3) is 10.8 Å². The Balaban J connectivity index is 1.96. The summed E-state index contributed by atoms with van der Waals surface area (Å²) in [5.74, 6) is -0.599. The maximum Gasteiger partial charge on any atom is 0.267 e. The Morgan fingerprint density at radius 1 is 0.870 bits per heavy atom. The lowest BCUT2D eigenvalue weighted by Gasteiger charge is -2.17. The van der Waals surface area contributed by atoms with Crippen LogP contribution in [0.15, 0.2) is 48.5 Å². The summed E-state index contributed by atoms with van der Waals surface area (Å²) in [5, 5.41) is 1.98. The fourth-order valence-electron chi connectivity index (χ4n) is 2.91. The molecular formula is C18H11ClN2O2. The number of amides is 2. The number of fused-ring (bicyclic) bond motifs is 2. The first-order chi connectivity index (χ1) is 11.1. The van der Waals surface area contributed by atoms with Crippen LogP contribution < -0.4 is 4.90 Å². The van der Waals surface area contributed by atoms with Gasteiger partial charge in [-0.1, -0.05) is 48.0 Å². The Labute approximate surface area is 137 Å². The zero-order valence-electron chi connectivity index (χ0n) is 12.2. The molecule has 2 aromatic carbocycles. The first-order valence-corrected chi connectivity index (χ1v) is 7.50. The maximum atomic E-state index is 12.6. The van der Waals surface area contributed by atoms with Crippen LogP contribution in [0.2, 0.25) is 5.02 Å². The van der Waals surface area contributed by atoms with Crippen LogP contribution in [0, 0.1) is 6.92 Å². The van der Waals surface area contributed by atoms with Crippen molar-refractivity contribution >= 4 is 40.0 Å². The van der Waals surface area contributed by atoms with Crippen LogP contribution in [0.3, 0.4) is 0 Å². The predicted molar refractivity (Wildman–Crippen MR) is 89.1 cm³/mol. The van der Waals surface area contributed by atoms with Crippen LogP contribution in [-0.2, 0) is 0 Å². The number of hydrogen-bond acceptors (Lipinski definition) is 3. The second-order valence-electron chi connectivity index (χ2n) is 5.37. The van der Waals surface area contributed by atoms with E-state index in [0.29, 0.717) is 16.1 Å². The molecule has 0 atom stereocenters. The van der Waals surface area contributed by atoms with Gasteiger partial charge >= 0.3 is 0 Å². The predicted octanol–water partition coefficient (Wildman–Crippen LogP) is 4.00. The third-order valence-corrected chi connectivity index (χ3v) is 4.40. The van der Waals surface area contributed by atoms with E-state index in [1.54, 1.807) is 24.3 Å². The number of pyridine rings is 1. The number of benzene rings is 2. The summed E-state index contributed by atoms with van der Waals surface area (Å²) in [4.78, 5) is 30.7. The smallest absolute Gasteiger partial charge is 0.267 e. The third-order valence-electron chi connectivity index (χ3n) is 4.03. The molecular weight excluding hydrogens is 312 g/mol. The summed E-state index contributed by atoms with van der Waals surface area (Å²) in [6.45, 7) is 1.83. The van der Waals surface area contributed by atoms with Gasteiger partial charge < -0.3 is 0 Å². The van der Waals surface area contributed by atoms with Crippen LogP contribution >= 0.6 is 11.6 Å². The van der Waals surface area contributed by atoms with E-state index in [-0.39, 0.29) is 5.82 Å². The van der Waals surface area contributed by atoms with Gasteiger partial charge in [0.25, 0.3) is 11.8 Å². The molecule has 112 valence electrons. The van der Waals surface area contributed by atoms with E-state index in [0.717, 1.165) is 21.4 Å². The molecule has 5 heteroatoms. The number of rotatable bonds is 1. The fourth-order valence-corrected chi connectivity index (χ4v) is 3.20. The van der Waals surface area contributed by atoms with Gasteiger partial charge in [-0.05, 0) is 19.1 Å². The Bertz CT molecular complexity index is 962. The molecule has 1 aliphatic rings. The average Bonchev–Trinajstić information content (AvgIpc) is 2.83. The molecule has 3 aromatic rings. The van der Waals surface area contributed by atoms with Crippen molar-refractivity contribution in [3.8, 4) is 0 Å². The number of hydrogen-bond donors (Lipinski definition) is 0. The van der Waals surface area contributed by atoms with Crippen molar-refractivity contribution in [2.24, 2.45) is 0 Å². The van der Waals surface area contributed by atoms with Gasteiger partial charge in [0.1, 0.15) is 0 Å². The lowest BCUT2D eigenvalue weighted by atomic mass is 10.1. The largest absolute Gasteiger partial charge is 0.268 e. The molecule has 1 aliphatic heterocycles. The summed E-state index contributed by atoms with van der Waals surface area (Å²) < 4.78 is 0. The van der Waals surface area contributed by atoms with E-state index in [4.69, 9.17) is 11.6 Å². The van der Waals surface area contributed by atoms with Gasteiger partial charge in [0, 0.05) is 16.5 Å². The van der Waals surface area contributed by atoms with Gasteiger partial charge in [-0.15, -0.1) is 0 Å². The molecule has 2 heterocycles. The summed E-state index contributed by atoms with van der Waals surface area (Å²) in [6.07, 6.45) is 0. The summed E-state index contributed by atoms with van der Waals surface area (Å²) >= 11 is 6.46. The summed E-state index contributed by atoms with van der Waals surface area (Å²) in [5.41, 5.74) is 1.47. The van der Waals surface area contributed by atoms with Crippen molar-refractivity contribution in [2.75, 3.05) is 4.90 Å². The molecule has 0 fully saturated rings. The monoisotopic (exact) mass is 322 g/mol. The lowest BCUT2D eigenvalue weighted by molar-refractivity contribution is 0.0925. The molecule has 0 unspecified atom stereocenters. The van der Waals surface area contributed by atoms with Crippen molar-refractivity contribution in [1.29, 1.82) is 0 Å². The molecule has 0 aliphatic carbocycles. The van der Waals surface area contributed by atoms with Crippen molar-refractivity contribution < 1.29 is 9.59 Å². The van der Waals surface area contributed by atoms with Gasteiger partial charge in [-0.3, -0.25) is 9.59 Å². The van der Waals surface area contributed by atoms with E-state index in [1.165, 1.54) is 0 Å². The number of anilines is 1. The van der Waals surface area contributed by atoms with Crippen LogP contribution in [0.4, 0.5) is 5.82 Å². The number of halogens is 1. The molecule has 4 rings (SSSR count). The van der Waals surface area contributed by atoms with Crippen molar-refractivity contribution in [1.82, 2.24) is 4.98 Å². The minimum Gasteiger partial charge on any atom is -0.268 e. The fraction of sp³-hybridized carbons (Fsp3) is 0.0556. The molecule has 4 nitrogen and oxygen atoms in total. The molecule has 0 bridgehead atoms. The number of nitrogens with zero attached hydrogens (tertiary/aromatic N) is 2. The molecule has 0 saturated heterocycles. The van der Waals surface area contributed by atoms with E-state index < -0.39 is 11.8 Å². The zero-order chi connectivity index (χ0) is 16.1. The highest BCUT2D eigenvalue weighted by Crippen LogP contribution is 2.36. The number of aromatic nitrogens is 1. The topological polar surface area (TPSA) is 50.3 Å². The average molecular weight is 323 g/mol. The Morgan fingerprint density at radius 2 is 1.39 bits per heavy atom. The normalized spacial score (nSPS) is 13.7. The summed E-state index contributed by atoms with van der Waals surface area (Å²) in [7, 11) is 0. The second kappa shape index (κ2) is 4.89. The maximum absolute atomic E-state index is 12.6. The molecule has 2 amide bonds.